The van der Waals surface area contributed by atoms with Crippen molar-refractivity contribution in [2.24, 2.45) is 12.0 Å². The van der Waals surface area contributed by atoms with Crippen LogP contribution in [0.5, 0.6) is 0 Å². The second kappa shape index (κ2) is 6.90. The molecular weight excluding hydrogens is 382 g/mol. The summed E-state index contributed by atoms with van der Waals surface area (Å²) >= 11 is 6.64. The van der Waals surface area contributed by atoms with Crippen molar-refractivity contribution in [3.05, 3.63) is 75.4 Å². The van der Waals surface area contributed by atoms with E-state index in [1.165, 1.54) is 17.4 Å². The number of hydrogen-bond acceptors (Lipinski definition) is 5. The van der Waals surface area contributed by atoms with Gasteiger partial charge in [-0.25, -0.2) is 4.79 Å². The Morgan fingerprint density at radius 3 is 2.74 bits per heavy atom. The zero-order valence-electron chi connectivity index (χ0n) is 14.1. The van der Waals surface area contributed by atoms with Crippen molar-refractivity contribution in [3.63, 3.8) is 0 Å². The molecule has 4 rings (SSSR count). The second-order valence-corrected chi connectivity index (χ2v) is 7.16. The highest BCUT2D eigenvalue weighted by Gasteiger charge is 2.15. The van der Waals surface area contributed by atoms with Crippen LogP contribution < -0.4 is 15.7 Å². The highest BCUT2D eigenvalue weighted by Crippen LogP contribution is 2.15. The number of amides is 1. The Morgan fingerprint density at radius 1 is 1.19 bits per heavy atom. The first-order valence-corrected chi connectivity index (χ1v) is 9.23. The van der Waals surface area contributed by atoms with E-state index in [4.69, 9.17) is 16.6 Å². The van der Waals surface area contributed by atoms with Gasteiger partial charge >= 0.3 is 5.63 Å². The number of nitrogens with zero attached hydrogens (tertiary/aromatic N) is 2. The lowest BCUT2D eigenvalue weighted by molar-refractivity contribution is 0.0974. The standard InChI is InChI=1S/C19H13N3O3S2/c1-22-13-7-3-5-9-15(13)27-19(22)21-18(26)20-16(23)12-10-11-6-2-4-8-14(11)25-17(12)24/h2-10H,1H3,(H,20,23,26)/b21-19+. The number of rotatable bonds is 1. The van der Waals surface area contributed by atoms with Crippen LogP contribution in [-0.2, 0) is 7.05 Å². The molecule has 0 unspecified atom stereocenters. The SMILES string of the molecule is Cn1/c(=N\C(=S)NC(=O)c2cc3ccccc3oc2=O)sc2ccccc21. The number of benzene rings is 2. The maximum Gasteiger partial charge on any atom is 0.349 e. The van der Waals surface area contributed by atoms with Gasteiger partial charge in [-0.2, -0.15) is 4.99 Å². The number of thiazole rings is 1. The molecule has 1 N–H and O–H groups in total. The van der Waals surface area contributed by atoms with Gasteiger partial charge in [-0.05, 0) is 36.5 Å². The summed E-state index contributed by atoms with van der Waals surface area (Å²) in [6.07, 6.45) is 0. The van der Waals surface area contributed by atoms with Gasteiger partial charge in [0.2, 0.25) is 5.11 Å². The smallest absolute Gasteiger partial charge is 0.349 e. The molecule has 6 nitrogen and oxygen atoms in total. The summed E-state index contributed by atoms with van der Waals surface area (Å²) in [5, 5.41) is 3.12. The van der Waals surface area contributed by atoms with Crippen LogP contribution in [0.15, 0.2) is 68.8 Å². The van der Waals surface area contributed by atoms with Crippen molar-refractivity contribution in [2.45, 2.75) is 0 Å². The minimum absolute atomic E-state index is 0.0188. The Kier molecular flexibility index (Phi) is 4.43. The fraction of sp³-hybridized carbons (Fsp3) is 0.0526. The molecule has 1 amide bonds. The first-order valence-electron chi connectivity index (χ1n) is 8.00. The summed E-state index contributed by atoms with van der Waals surface area (Å²) in [4.78, 5) is 29.5. The highest BCUT2D eigenvalue weighted by molar-refractivity contribution is 7.80. The van der Waals surface area contributed by atoms with Crippen molar-refractivity contribution in [1.29, 1.82) is 0 Å². The number of para-hydroxylation sites is 2. The molecule has 0 aliphatic heterocycles. The molecule has 0 aliphatic carbocycles. The van der Waals surface area contributed by atoms with E-state index in [0.29, 0.717) is 15.8 Å². The lowest BCUT2D eigenvalue weighted by atomic mass is 10.2. The average molecular weight is 395 g/mol. The van der Waals surface area contributed by atoms with Gasteiger partial charge in [-0.3, -0.25) is 10.1 Å². The monoisotopic (exact) mass is 395 g/mol. The van der Waals surface area contributed by atoms with Gasteiger partial charge in [0.15, 0.2) is 4.80 Å². The molecule has 0 aliphatic rings. The number of thiocarbonyl (C=S) groups is 1. The van der Waals surface area contributed by atoms with E-state index in [0.717, 1.165) is 10.2 Å². The Hall–Kier alpha value is -3.10. The van der Waals surface area contributed by atoms with Crippen LogP contribution in [0.25, 0.3) is 21.2 Å². The summed E-state index contributed by atoms with van der Waals surface area (Å²) in [5.41, 5.74) is 0.600. The van der Waals surface area contributed by atoms with E-state index in [-0.39, 0.29) is 10.7 Å². The molecule has 2 heterocycles. The van der Waals surface area contributed by atoms with Gasteiger partial charge in [-0.1, -0.05) is 41.7 Å². The minimum Gasteiger partial charge on any atom is -0.422 e. The second-order valence-electron chi connectivity index (χ2n) is 5.77. The molecule has 134 valence electrons. The Bertz CT molecular complexity index is 1330. The minimum atomic E-state index is -0.721. The van der Waals surface area contributed by atoms with Gasteiger partial charge in [0.1, 0.15) is 11.1 Å². The van der Waals surface area contributed by atoms with Crippen molar-refractivity contribution < 1.29 is 9.21 Å². The fourth-order valence-electron chi connectivity index (χ4n) is 2.69. The molecule has 2 aromatic carbocycles. The zero-order chi connectivity index (χ0) is 19.0. The maximum atomic E-state index is 12.4. The van der Waals surface area contributed by atoms with E-state index in [2.05, 4.69) is 10.3 Å². The highest BCUT2D eigenvalue weighted by atomic mass is 32.1. The molecule has 0 fully saturated rings. The van der Waals surface area contributed by atoms with Crippen LogP contribution in [0.2, 0.25) is 0 Å². The van der Waals surface area contributed by atoms with Gasteiger partial charge < -0.3 is 8.98 Å². The summed E-state index contributed by atoms with van der Waals surface area (Å²) in [6.45, 7) is 0. The third-order valence-corrected chi connectivity index (χ3v) is 5.32. The average Bonchev–Trinajstić information content (AvgIpc) is 2.97. The largest absolute Gasteiger partial charge is 0.422 e. The van der Waals surface area contributed by atoms with E-state index in [9.17, 15) is 9.59 Å². The number of nitrogens with one attached hydrogen (secondary N) is 1. The molecule has 0 saturated carbocycles. The third-order valence-electron chi connectivity index (χ3n) is 4.02. The van der Waals surface area contributed by atoms with E-state index in [1.807, 2.05) is 35.9 Å². The van der Waals surface area contributed by atoms with Crippen LogP contribution in [0.4, 0.5) is 0 Å². The molecule has 0 spiro atoms. The maximum absolute atomic E-state index is 12.4. The summed E-state index contributed by atoms with van der Waals surface area (Å²) in [7, 11) is 1.88. The molecule has 0 radical (unpaired) electrons. The van der Waals surface area contributed by atoms with Crippen LogP contribution in [0.3, 0.4) is 0 Å². The quantitative estimate of drug-likeness (QED) is 0.397. The summed E-state index contributed by atoms with van der Waals surface area (Å²) < 4.78 is 8.13. The first kappa shape index (κ1) is 17.3. The summed E-state index contributed by atoms with van der Waals surface area (Å²) in [5.74, 6) is -0.646. The summed E-state index contributed by atoms with van der Waals surface area (Å²) in [6, 6.07) is 16.3. The molecule has 0 saturated heterocycles. The molecule has 4 aromatic rings. The van der Waals surface area contributed by atoms with Crippen molar-refractivity contribution in [2.75, 3.05) is 0 Å². The molecule has 8 heteroatoms. The number of aromatic nitrogens is 1. The molecule has 27 heavy (non-hydrogen) atoms. The number of aryl methyl sites for hydroxylation is 1. The van der Waals surface area contributed by atoms with E-state index < -0.39 is 11.5 Å². The number of carbonyl (C=O) groups excluding carboxylic acids is 1. The van der Waals surface area contributed by atoms with Crippen LogP contribution in [0.1, 0.15) is 10.4 Å². The fourth-order valence-corrected chi connectivity index (χ4v) is 3.95. The van der Waals surface area contributed by atoms with Crippen molar-refractivity contribution >= 4 is 55.8 Å². The van der Waals surface area contributed by atoms with Crippen molar-refractivity contribution in [1.82, 2.24) is 9.88 Å². The normalized spacial score (nSPS) is 11.8. The van der Waals surface area contributed by atoms with Crippen LogP contribution >= 0.6 is 23.6 Å². The van der Waals surface area contributed by atoms with Crippen LogP contribution in [0, 0.1) is 0 Å². The third kappa shape index (κ3) is 3.32. The van der Waals surface area contributed by atoms with Gasteiger partial charge in [0.05, 0.1) is 10.2 Å². The molecule has 0 atom stereocenters. The van der Waals surface area contributed by atoms with Gasteiger partial charge in [0, 0.05) is 12.4 Å². The first-order chi connectivity index (χ1) is 13.0. The predicted molar refractivity (Wildman–Crippen MR) is 109 cm³/mol. The zero-order valence-corrected chi connectivity index (χ0v) is 15.8. The van der Waals surface area contributed by atoms with Crippen LogP contribution in [-0.4, -0.2) is 15.6 Å². The lowest BCUT2D eigenvalue weighted by Gasteiger charge is -2.03. The Labute approximate surface area is 162 Å². The van der Waals surface area contributed by atoms with E-state index >= 15 is 0 Å². The number of fused-ring (bicyclic) bond motifs is 2. The number of carbonyl (C=O) groups is 1. The Balaban J connectivity index is 1.64. The van der Waals surface area contributed by atoms with Gasteiger partial charge in [0.25, 0.3) is 5.91 Å². The topological polar surface area (TPSA) is 76.6 Å². The lowest BCUT2D eigenvalue weighted by Crippen LogP contribution is -2.32. The van der Waals surface area contributed by atoms with Crippen molar-refractivity contribution in [3.8, 4) is 0 Å². The van der Waals surface area contributed by atoms with E-state index in [1.54, 1.807) is 24.3 Å². The van der Waals surface area contributed by atoms with Gasteiger partial charge in [-0.15, -0.1) is 0 Å². The predicted octanol–water partition coefficient (Wildman–Crippen LogP) is 2.96. The molecule has 2 aromatic heterocycles. The Morgan fingerprint density at radius 2 is 1.93 bits per heavy atom. The number of hydrogen-bond donors (Lipinski definition) is 1. The molecular formula is C19H13N3O3S2. The molecule has 0 bridgehead atoms.